The molecule has 7 nitrogen and oxygen atoms in total. The number of pyridine rings is 1. The van der Waals surface area contributed by atoms with Crippen LogP contribution in [0.1, 0.15) is 55.5 Å². The van der Waals surface area contributed by atoms with Gasteiger partial charge in [-0.15, -0.1) is 0 Å². The van der Waals surface area contributed by atoms with Gasteiger partial charge in [0.15, 0.2) is 5.60 Å². The fourth-order valence-electron chi connectivity index (χ4n) is 5.07. The fourth-order valence-corrected chi connectivity index (χ4v) is 5.28. The maximum atomic E-state index is 13.1. The van der Waals surface area contributed by atoms with E-state index >= 15 is 0 Å². The molecule has 3 atom stereocenters. The molecule has 0 radical (unpaired) electrons. The number of hydrogen-bond acceptors (Lipinski definition) is 5. The lowest BCUT2D eigenvalue weighted by Crippen LogP contribution is -2.55. The van der Waals surface area contributed by atoms with Crippen LogP contribution < -0.4 is 20.3 Å². The lowest BCUT2D eigenvalue weighted by molar-refractivity contribution is -0.138. The molecule has 3 heterocycles. The summed E-state index contributed by atoms with van der Waals surface area (Å²) in [5, 5.41) is 4.52. The van der Waals surface area contributed by atoms with Crippen molar-refractivity contribution in [1.82, 2.24) is 15.6 Å². The van der Waals surface area contributed by atoms with E-state index in [-0.39, 0.29) is 34.5 Å². The number of fused-ring (bicyclic) bond motifs is 2. The highest BCUT2D eigenvalue weighted by atomic mass is 35.5. The van der Waals surface area contributed by atoms with Gasteiger partial charge in [-0.2, -0.15) is 26.3 Å². The van der Waals surface area contributed by atoms with Crippen LogP contribution in [0, 0.1) is 0 Å². The molecule has 0 aliphatic carbocycles. The van der Waals surface area contributed by atoms with E-state index in [2.05, 4.69) is 15.2 Å². The van der Waals surface area contributed by atoms with Crippen LogP contribution in [-0.2, 0) is 11.0 Å². The normalized spacial score (nSPS) is 21.2. The SMILES string of the molecule is CC(C)(Oc1ccc(C(F)(F)F)cc1Cl)C(=O)N[C@H]1C[C@H]2CC[C@@H](C1)N2c1ccc(C(=O)NCC(F)(F)F)cn1. The molecule has 14 heteroatoms. The van der Waals surface area contributed by atoms with Gasteiger partial charge < -0.3 is 20.3 Å². The van der Waals surface area contributed by atoms with Gasteiger partial charge in [-0.3, -0.25) is 9.59 Å². The number of benzene rings is 1. The Morgan fingerprint density at radius 1 is 1.05 bits per heavy atom. The molecule has 0 spiro atoms. The molecule has 1 aromatic heterocycles. The zero-order valence-electron chi connectivity index (χ0n) is 21.5. The largest absolute Gasteiger partial charge is 0.476 e. The maximum Gasteiger partial charge on any atom is 0.416 e. The van der Waals surface area contributed by atoms with Gasteiger partial charge in [0.25, 0.3) is 11.8 Å². The van der Waals surface area contributed by atoms with Crippen LogP contribution in [-0.4, -0.2) is 53.2 Å². The third kappa shape index (κ3) is 6.91. The van der Waals surface area contributed by atoms with Crippen molar-refractivity contribution in [3.05, 3.63) is 52.7 Å². The van der Waals surface area contributed by atoms with Gasteiger partial charge in [-0.1, -0.05) is 11.6 Å². The lowest BCUT2D eigenvalue weighted by atomic mass is 9.96. The van der Waals surface area contributed by atoms with Crippen LogP contribution in [0.15, 0.2) is 36.5 Å². The van der Waals surface area contributed by atoms with Crippen LogP contribution >= 0.6 is 11.6 Å². The van der Waals surface area contributed by atoms with Gasteiger partial charge in [0, 0.05) is 24.3 Å². The third-order valence-corrected chi connectivity index (χ3v) is 7.26. The van der Waals surface area contributed by atoms with E-state index in [0.717, 1.165) is 31.0 Å². The van der Waals surface area contributed by atoms with Crippen LogP contribution in [0.5, 0.6) is 5.75 Å². The van der Waals surface area contributed by atoms with Crippen molar-refractivity contribution < 1.29 is 40.7 Å². The van der Waals surface area contributed by atoms with Crippen molar-refractivity contribution in [2.45, 2.75) is 75.6 Å². The summed E-state index contributed by atoms with van der Waals surface area (Å²) < 4.78 is 81.6. The summed E-state index contributed by atoms with van der Waals surface area (Å²) in [4.78, 5) is 31.5. The lowest BCUT2D eigenvalue weighted by Gasteiger charge is -2.40. The Balaban J connectivity index is 1.35. The van der Waals surface area contributed by atoms with Crippen LogP contribution in [0.2, 0.25) is 5.02 Å². The molecule has 2 amide bonds. The monoisotopic (exact) mass is 592 g/mol. The first kappa shape index (κ1) is 29.8. The molecule has 2 aliphatic rings. The highest BCUT2D eigenvalue weighted by Crippen LogP contribution is 2.39. The van der Waals surface area contributed by atoms with Crippen molar-refractivity contribution >= 4 is 29.2 Å². The molecule has 0 saturated carbocycles. The zero-order valence-corrected chi connectivity index (χ0v) is 22.3. The van der Waals surface area contributed by atoms with E-state index in [1.54, 1.807) is 6.07 Å². The number of aromatic nitrogens is 1. The van der Waals surface area contributed by atoms with Crippen molar-refractivity contribution in [2.24, 2.45) is 0 Å². The number of nitrogens with one attached hydrogen (secondary N) is 2. The molecule has 2 bridgehead atoms. The molecule has 1 aromatic carbocycles. The number of piperidine rings is 1. The van der Waals surface area contributed by atoms with Gasteiger partial charge in [0.2, 0.25) is 0 Å². The number of amides is 2. The Kier molecular flexibility index (Phi) is 8.17. The minimum Gasteiger partial charge on any atom is -0.476 e. The number of anilines is 1. The number of rotatable bonds is 7. The van der Waals surface area contributed by atoms with Gasteiger partial charge >= 0.3 is 12.4 Å². The Labute approximate surface area is 231 Å². The van der Waals surface area contributed by atoms with Crippen LogP contribution in [0.3, 0.4) is 0 Å². The summed E-state index contributed by atoms with van der Waals surface area (Å²) in [6.07, 6.45) is -4.98. The Morgan fingerprint density at radius 3 is 2.23 bits per heavy atom. The second-order valence-electron chi connectivity index (χ2n) is 10.4. The Hall–Kier alpha value is -3.22. The number of nitrogens with zero attached hydrogens (tertiary/aromatic N) is 2. The molecule has 2 saturated heterocycles. The van der Waals surface area contributed by atoms with E-state index < -0.39 is 41.9 Å². The predicted molar refractivity (Wildman–Crippen MR) is 134 cm³/mol. The van der Waals surface area contributed by atoms with Gasteiger partial charge in [-0.25, -0.2) is 4.98 Å². The number of alkyl halides is 6. The Bertz CT molecular complexity index is 1240. The standard InChI is InChI=1S/C26H27ClF6N4O3/c1-24(2,40-20-7-4-15(9-19(20)27)26(31,32)33)23(39)36-16-10-17-5-6-18(11-16)37(17)21-8-3-14(12-34-21)22(38)35-13-25(28,29)30/h3-4,7-9,12,16-18H,5-6,10-11,13H2,1-2H3,(H,35,38)(H,36,39)/t16-,17+,18-. The van der Waals surface area contributed by atoms with Crippen molar-refractivity contribution in [3.8, 4) is 5.75 Å². The average molecular weight is 593 g/mol. The summed E-state index contributed by atoms with van der Waals surface area (Å²) in [6.45, 7) is 1.56. The van der Waals surface area contributed by atoms with Crippen LogP contribution in [0.25, 0.3) is 0 Å². The van der Waals surface area contributed by atoms with Gasteiger partial charge in [-0.05, 0) is 69.9 Å². The zero-order chi connectivity index (χ0) is 29.5. The van der Waals surface area contributed by atoms with Crippen molar-refractivity contribution in [1.29, 1.82) is 0 Å². The van der Waals surface area contributed by atoms with Gasteiger partial charge in [0.05, 0.1) is 16.1 Å². The maximum absolute atomic E-state index is 13.1. The summed E-state index contributed by atoms with van der Waals surface area (Å²) in [7, 11) is 0. The first-order chi connectivity index (χ1) is 18.5. The molecule has 2 aromatic rings. The summed E-state index contributed by atoms with van der Waals surface area (Å²) in [6, 6.07) is 5.55. The minimum atomic E-state index is -4.56. The number of hydrogen-bond donors (Lipinski definition) is 2. The number of carbonyl (C=O) groups is 2. The number of carbonyl (C=O) groups excluding carboxylic acids is 2. The van der Waals surface area contributed by atoms with E-state index in [9.17, 15) is 35.9 Å². The van der Waals surface area contributed by atoms with Crippen molar-refractivity contribution in [3.63, 3.8) is 0 Å². The average Bonchev–Trinajstić information content (AvgIpc) is 3.12. The van der Waals surface area contributed by atoms with Crippen LogP contribution in [0.4, 0.5) is 32.2 Å². The minimum absolute atomic E-state index is 0.0119. The van der Waals surface area contributed by atoms with E-state index in [4.69, 9.17) is 16.3 Å². The quantitative estimate of drug-likeness (QED) is 0.414. The van der Waals surface area contributed by atoms with Crippen molar-refractivity contribution in [2.75, 3.05) is 11.4 Å². The molecule has 2 fully saturated rings. The second-order valence-corrected chi connectivity index (χ2v) is 10.8. The number of halogens is 7. The fraction of sp³-hybridized carbons (Fsp3) is 0.500. The smallest absolute Gasteiger partial charge is 0.416 e. The molecular weight excluding hydrogens is 566 g/mol. The van der Waals surface area contributed by atoms with E-state index in [1.807, 2.05) is 5.32 Å². The first-order valence-corrected chi connectivity index (χ1v) is 12.9. The highest BCUT2D eigenvalue weighted by Gasteiger charge is 2.43. The third-order valence-electron chi connectivity index (χ3n) is 6.96. The molecular formula is C26H27ClF6N4O3. The highest BCUT2D eigenvalue weighted by molar-refractivity contribution is 6.32. The van der Waals surface area contributed by atoms with E-state index in [1.165, 1.54) is 26.1 Å². The summed E-state index contributed by atoms with van der Waals surface area (Å²) in [5.41, 5.74) is -2.34. The topological polar surface area (TPSA) is 83.6 Å². The molecule has 0 unspecified atom stereocenters. The first-order valence-electron chi connectivity index (χ1n) is 12.5. The number of ether oxygens (including phenoxy) is 1. The van der Waals surface area contributed by atoms with E-state index in [0.29, 0.717) is 18.7 Å². The Morgan fingerprint density at radius 2 is 1.70 bits per heavy atom. The molecule has 4 rings (SSSR count). The molecule has 2 aliphatic heterocycles. The summed E-state index contributed by atoms with van der Waals surface area (Å²) >= 11 is 5.98. The summed E-state index contributed by atoms with van der Waals surface area (Å²) in [5.74, 6) is -0.784. The molecule has 40 heavy (non-hydrogen) atoms. The predicted octanol–water partition coefficient (Wildman–Crippen LogP) is 5.52. The molecule has 2 N–H and O–H groups in total. The van der Waals surface area contributed by atoms with Gasteiger partial charge in [0.1, 0.15) is 18.1 Å². The molecule has 218 valence electrons. The second kappa shape index (κ2) is 11.0.